The summed E-state index contributed by atoms with van der Waals surface area (Å²) in [5.74, 6) is 1.22. The molecule has 0 saturated carbocycles. The summed E-state index contributed by atoms with van der Waals surface area (Å²) in [4.78, 5) is 17.3. The zero-order valence-electron chi connectivity index (χ0n) is 15.7. The number of rotatable bonds is 4. The molecule has 1 aromatic rings. The van der Waals surface area contributed by atoms with Crippen molar-refractivity contribution in [2.75, 3.05) is 32.7 Å². The monoisotopic (exact) mass is 400 g/mol. The second-order valence-electron chi connectivity index (χ2n) is 7.81. The number of alkyl halides is 3. The smallest absolute Gasteiger partial charge is 0.338 e. The van der Waals surface area contributed by atoms with E-state index in [1.165, 1.54) is 37.1 Å². The van der Waals surface area contributed by atoms with E-state index in [9.17, 15) is 18.0 Å². The quantitative estimate of drug-likeness (QED) is 0.673. The van der Waals surface area contributed by atoms with E-state index in [2.05, 4.69) is 11.8 Å². The van der Waals surface area contributed by atoms with Crippen LogP contribution in [0.3, 0.4) is 0 Å². The minimum Gasteiger partial charge on any atom is -0.338 e. The van der Waals surface area contributed by atoms with Gasteiger partial charge < -0.3 is 9.80 Å². The molecule has 0 aliphatic carbocycles. The molecule has 1 unspecified atom stereocenters. The molecule has 2 heterocycles. The second-order valence-corrected chi connectivity index (χ2v) is 8.95. The largest absolute Gasteiger partial charge is 0.446 e. The number of carbonyl (C=O) groups excluding carboxylic acids is 1. The maximum absolute atomic E-state index is 12.8. The Kier molecular flexibility index (Phi) is 6.74. The van der Waals surface area contributed by atoms with Gasteiger partial charge in [0.05, 0.1) is 0 Å². The number of piperidine rings is 2. The Bertz CT molecular complexity index is 627. The summed E-state index contributed by atoms with van der Waals surface area (Å²) in [5, 5.41) is 0. The number of amides is 1. The first kappa shape index (κ1) is 20.5. The fraction of sp³-hybridized carbons (Fsp3) is 0.650. The van der Waals surface area contributed by atoms with Crippen molar-refractivity contribution in [3.05, 3.63) is 29.8 Å². The Hall–Kier alpha value is -1.21. The summed E-state index contributed by atoms with van der Waals surface area (Å²) in [7, 11) is 0. The summed E-state index contributed by atoms with van der Waals surface area (Å²) in [6.45, 7) is 7.09. The zero-order chi connectivity index (χ0) is 19.4. The van der Waals surface area contributed by atoms with Crippen molar-refractivity contribution < 1.29 is 18.0 Å². The third-order valence-electron chi connectivity index (χ3n) is 5.53. The van der Waals surface area contributed by atoms with Gasteiger partial charge in [0.15, 0.2) is 0 Å². The van der Waals surface area contributed by atoms with E-state index >= 15 is 0 Å². The molecule has 2 aliphatic rings. The molecule has 3 rings (SSSR count). The van der Waals surface area contributed by atoms with E-state index in [1.807, 2.05) is 4.90 Å². The molecule has 1 aromatic carbocycles. The maximum atomic E-state index is 12.8. The van der Waals surface area contributed by atoms with Gasteiger partial charge in [-0.15, -0.1) is 0 Å². The molecule has 7 heteroatoms. The topological polar surface area (TPSA) is 23.6 Å². The highest BCUT2D eigenvalue weighted by atomic mass is 32.2. The van der Waals surface area contributed by atoms with Gasteiger partial charge in [-0.1, -0.05) is 6.92 Å². The maximum Gasteiger partial charge on any atom is 0.446 e. The van der Waals surface area contributed by atoms with Crippen molar-refractivity contribution in [3.8, 4) is 0 Å². The van der Waals surface area contributed by atoms with Crippen LogP contribution in [0.25, 0.3) is 0 Å². The van der Waals surface area contributed by atoms with E-state index in [1.54, 1.807) is 0 Å². The van der Waals surface area contributed by atoms with Crippen LogP contribution in [0, 0.1) is 11.8 Å². The third-order valence-corrected chi connectivity index (χ3v) is 6.27. The van der Waals surface area contributed by atoms with E-state index in [0.29, 0.717) is 11.5 Å². The zero-order valence-corrected chi connectivity index (χ0v) is 16.5. The number of benzene rings is 1. The highest BCUT2D eigenvalue weighted by Crippen LogP contribution is 2.36. The van der Waals surface area contributed by atoms with E-state index in [4.69, 9.17) is 0 Å². The van der Waals surface area contributed by atoms with Gasteiger partial charge in [0, 0.05) is 30.1 Å². The molecule has 1 atom stereocenters. The first-order valence-corrected chi connectivity index (χ1v) is 10.5. The predicted molar refractivity (Wildman–Crippen MR) is 102 cm³/mol. The van der Waals surface area contributed by atoms with Crippen LogP contribution in [0.15, 0.2) is 29.2 Å². The number of thioether (sulfide) groups is 1. The van der Waals surface area contributed by atoms with Gasteiger partial charge in [0.1, 0.15) is 0 Å². The van der Waals surface area contributed by atoms with Gasteiger partial charge in [-0.25, -0.2) is 0 Å². The molecule has 0 bridgehead atoms. The summed E-state index contributed by atoms with van der Waals surface area (Å²) < 4.78 is 37.3. The van der Waals surface area contributed by atoms with Crippen molar-refractivity contribution in [2.45, 2.75) is 43.0 Å². The van der Waals surface area contributed by atoms with Gasteiger partial charge in [-0.2, -0.15) is 13.2 Å². The number of hydrogen-bond acceptors (Lipinski definition) is 3. The third kappa shape index (κ3) is 6.14. The molecule has 0 spiro atoms. The fourth-order valence-electron chi connectivity index (χ4n) is 3.99. The van der Waals surface area contributed by atoms with Gasteiger partial charge in [0.2, 0.25) is 0 Å². The van der Waals surface area contributed by atoms with Crippen molar-refractivity contribution in [1.29, 1.82) is 0 Å². The highest BCUT2D eigenvalue weighted by Gasteiger charge is 2.30. The number of hydrogen-bond donors (Lipinski definition) is 0. The first-order chi connectivity index (χ1) is 12.8. The van der Waals surface area contributed by atoms with Crippen molar-refractivity contribution in [3.63, 3.8) is 0 Å². The molecule has 2 saturated heterocycles. The SMILES string of the molecule is CC1CCN(CC2CCCN(C(=O)c3ccc(SC(F)(F)F)cc3)C2)CC1. The van der Waals surface area contributed by atoms with E-state index in [-0.39, 0.29) is 22.6 Å². The minimum absolute atomic E-state index is 0.0736. The van der Waals surface area contributed by atoms with Crippen LogP contribution >= 0.6 is 11.8 Å². The molecular weight excluding hydrogens is 373 g/mol. The lowest BCUT2D eigenvalue weighted by Gasteiger charge is -2.38. The molecule has 1 amide bonds. The van der Waals surface area contributed by atoms with Gasteiger partial charge in [-0.3, -0.25) is 4.79 Å². The number of likely N-dealkylation sites (tertiary alicyclic amines) is 2. The minimum atomic E-state index is -4.31. The highest BCUT2D eigenvalue weighted by molar-refractivity contribution is 8.00. The standard InChI is InChI=1S/C20H27F3N2OS/c1-15-8-11-24(12-9-15)13-16-3-2-10-25(14-16)19(26)17-4-6-18(7-5-17)27-20(21,22)23/h4-7,15-16H,2-3,8-14H2,1H3. The lowest BCUT2D eigenvalue weighted by molar-refractivity contribution is -0.0328. The Labute approximate surface area is 163 Å². The fourth-order valence-corrected chi connectivity index (χ4v) is 4.53. The Morgan fingerprint density at radius 3 is 2.41 bits per heavy atom. The molecule has 2 fully saturated rings. The van der Waals surface area contributed by atoms with Crippen molar-refractivity contribution >= 4 is 17.7 Å². The summed E-state index contributed by atoms with van der Waals surface area (Å²) in [6.07, 6.45) is 4.62. The summed E-state index contributed by atoms with van der Waals surface area (Å²) in [5.41, 5.74) is -3.84. The van der Waals surface area contributed by atoms with Crippen LogP contribution in [-0.2, 0) is 0 Å². The average Bonchev–Trinajstić information content (AvgIpc) is 2.63. The van der Waals surface area contributed by atoms with Gasteiger partial charge >= 0.3 is 5.51 Å². The molecule has 0 aromatic heterocycles. The average molecular weight is 401 g/mol. The number of halogens is 3. The molecule has 0 radical (unpaired) electrons. The van der Waals surface area contributed by atoms with Crippen LogP contribution in [0.5, 0.6) is 0 Å². The van der Waals surface area contributed by atoms with Gasteiger partial charge in [-0.05, 0) is 86.6 Å². The van der Waals surface area contributed by atoms with Crippen LogP contribution < -0.4 is 0 Å². The lowest BCUT2D eigenvalue weighted by atomic mass is 9.94. The van der Waals surface area contributed by atoms with Crippen LogP contribution in [0.4, 0.5) is 13.2 Å². The van der Waals surface area contributed by atoms with Crippen LogP contribution in [0.1, 0.15) is 43.0 Å². The Balaban J connectivity index is 1.54. The lowest BCUT2D eigenvalue weighted by Crippen LogP contribution is -2.45. The van der Waals surface area contributed by atoms with Crippen LogP contribution in [0.2, 0.25) is 0 Å². The number of carbonyl (C=O) groups is 1. The molecule has 150 valence electrons. The molecule has 2 aliphatic heterocycles. The first-order valence-electron chi connectivity index (χ1n) is 9.67. The predicted octanol–water partition coefficient (Wildman–Crippen LogP) is 4.88. The Morgan fingerprint density at radius 1 is 1.11 bits per heavy atom. The van der Waals surface area contributed by atoms with E-state index in [0.717, 1.165) is 51.5 Å². The summed E-state index contributed by atoms with van der Waals surface area (Å²) >= 11 is -0.154. The second kappa shape index (κ2) is 8.86. The molecule has 27 heavy (non-hydrogen) atoms. The Morgan fingerprint density at radius 2 is 1.78 bits per heavy atom. The van der Waals surface area contributed by atoms with E-state index < -0.39 is 5.51 Å². The molecule has 3 nitrogen and oxygen atoms in total. The molecule has 0 N–H and O–H groups in total. The molecular formula is C20H27F3N2OS. The van der Waals surface area contributed by atoms with Crippen molar-refractivity contribution in [2.24, 2.45) is 11.8 Å². The van der Waals surface area contributed by atoms with Crippen LogP contribution in [-0.4, -0.2) is 53.9 Å². The normalized spacial score (nSPS) is 22.8. The number of nitrogens with zero attached hydrogens (tertiary/aromatic N) is 2. The summed E-state index contributed by atoms with van der Waals surface area (Å²) in [6, 6.07) is 5.77. The van der Waals surface area contributed by atoms with Crippen molar-refractivity contribution in [1.82, 2.24) is 9.80 Å². The van der Waals surface area contributed by atoms with Gasteiger partial charge in [0.25, 0.3) is 5.91 Å².